The van der Waals surface area contributed by atoms with Gasteiger partial charge in [-0.1, -0.05) is 30.0 Å². The zero-order valence-electron chi connectivity index (χ0n) is 15.9. The molecule has 0 spiro atoms. The lowest BCUT2D eigenvalue weighted by molar-refractivity contribution is 0.343. The summed E-state index contributed by atoms with van der Waals surface area (Å²) in [6.07, 6.45) is 1.86. The average Bonchev–Trinajstić information content (AvgIpc) is 3.03. The number of fused-ring (bicyclic) bond motifs is 1. The maximum absolute atomic E-state index is 12.1. The quantitative estimate of drug-likeness (QED) is 0.302. The van der Waals surface area contributed by atoms with Gasteiger partial charge in [-0.05, 0) is 36.4 Å². The Kier molecular flexibility index (Phi) is 6.43. The molecule has 0 saturated carbocycles. The van der Waals surface area contributed by atoms with E-state index >= 15 is 0 Å². The first-order valence-electron chi connectivity index (χ1n) is 8.78. The molecule has 0 aliphatic carbocycles. The molecule has 0 unspecified atom stereocenters. The van der Waals surface area contributed by atoms with Gasteiger partial charge in [-0.25, -0.2) is 17.7 Å². The fourth-order valence-electron chi connectivity index (χ4n) is 2.68. The van der Waals surface area contributed by atoms with E-state index in [4.69, 9.17) is 4.74 Å². The van der Waals surface area contributed by atoms with E-state index in [2.05, 4.69) is 22.2 Å². The van der Waals surface area contributed by atoms with Crippen LogP contribution in [0.4, 0.5) is 0 Å². The number of hydrogen-bond acceptors (Lipinski definition) is 5. The molecule has 0 radical (unpaired) electrons. The number of nitrogens with zero attached hydrogens (tertiary/aromatic N) is 3. The van der Waals surface area contributed by atoms with E-state index in [1.165, 1.54) is 18.4 Å². The predicted molar refractivity (Wildman–Crippen MR) is 113 cm³/mol. The molecule has 8 heteroatoms. The lowest BCUT2D eigenvalue weighted by atomic mass is 10.3. The highest BCUT2D eigenvalue weighted by atomic mass is 32.2. The highest BCUT2D eigenvalue weighted by Gasteiger charge is 2.16. The molecule has 0 amide bonds. The first-order chi connectivity index (χ1) is 13.4. The maximum Gasteiger partial charge on any atom is 0.242 e. The van der Waals surface area contributed by atoms with Crippen molar-refractivity contribution in [2.45, 2.75) is 16.6 Å². The molecule has 0 N–H and O–H groups in total. The van der Waals surface area contributed by atoms with Crippen molar-refractivity contribution in [2.24, 2.45) is 0 Å². The van der Waals surface area contributed by atoms with Gasteiger partial charge >= 0.3 is 0 Å². The van der Waals surface area contributed by atoms with Gasteiger partial charge in [0, 0.05) is 26.4 Å². The molecule has 3 rings (SSSR count). The van der Waals surface area contributed by atoms with Crippen LogP contribution in [0, 0.1) is 0 Å². The number of benzene rings is 2. The molecule has 0 aliphatic heterocycles. The summed E-state index contributed by atoms with van der Waals surface area (Å²) < 4.78 is 33.2. The molecule has 6 nitrogen and oxygen atoms in total. The van der Waals surface area contributed by atoms with E-state index in [9.17, 15) is 8.42 Å². The van der Waals surface area contributed by atoms with Crippen LogP contribution in [0.2, 0.25) is 0 Å². The lowest BCUT2D eigenvalue weighted by Gasteiger charge is -2.12. The number of ether oxygens (including phenoxy) is 1. The second kappa shape index (κ2) is 8.81. The lowest BCUT2D eigenvalue weighted by Crippen LogP contribution is -2.22. The summed E-state index contributed by atoms with van der Waals surface area (Å²) in [5, 5.41) is 0.928. The molecular formula is C20H23N3O3S2. The Hall–Kier alpha value is -2.29. The van der Waals surface area contributed by atoms with Crippen molar-refractivity contribution in [3.8, 4) is 5.75 Å². The Morgan fingerprint density at radius 3 is 2.57 bits per heavy atom. The first kappa shape index (κ1) is 20.4. The Labute approximate surface area is 169 Å². The van der Waals surface area contributed by atoms with Crippen molar-refractivity contribution in [2.75, 3.05) is 26.5 Å². The van der Waals surface area contributed by atoms with Gasteiger partial charge in [0.1, 0.15) is 5.75 Å². The molecule has 1 heterocycles. The fraction of sp³-hybridized carbons (Fsp3) is 0.250. The summed E-state index contributed by atoms with van der Waals surface area (Å²) in [7, 11) is -0.402. The van der Waals surface area contributed by atoms with E-state index in [-0.39, 0.29) is 4.90 Å². The summed E-state index contributed by atoms with van der Waals surface area (Å²) in [4.78, 5) is 4.93. The van der Waals surface area contributed by atoms with Crippen LogP contribution in [-0.4, -0.2) is 48.7 Å². The normalized spacial score (nSPS) is 11.8. The van der Waals surface area contributed by atoms with Crippen LogP contribution in [0.15, 0.2) is 71.2 Å². The fourth-order valence-corrected chi connectivity index (χ4v) is 4.42. The summed E-state index contributed by atoms with van der Waals surface area (Å²) in [5.74, 6) is 1.36. The molecule has 28 heavy (non-hydrogen) atoms. The molecule has 1 aromatic heterocycles. The second-order valence-electron chi connectivity index (χ2n) is 6.24. The van der Waals surface area contributed by atoms with Gasteiger partial charge < -0.3 is 9.30 Å². The first-order valence-corrected chi connectivity index (χ1v) is 11.2. The van der Waals surface area contributed by atoms with Crippen molar-refractivity contribution in [3.63, 3.8) is 0 Å². The number of thioether (sulfide) groups is 1. The topological polar surface area (TPSA) is 64.4 Å². The summed E-state index contributed by atoms with van der Waals surface area (Å²) in [6.45, 7) is 5.01. The SMILES string of the molecule is C=CCn1c(SCCOc2ccc(S(=O)(=O)N(C)C)cc2)nc2ccccc21. The summed E-state index contributed by atoms with van der Waals surface area (Å²) in [6, 6.07) is 14.5. The molecule has 0 aliphatic rings. The monoisotopic (exact) mass is 417 g/mol. The Bertz CT molecular complexity index is 1060. The van der Waals surface area contributed by atoms with Crippen LogP contribution < -0.4 is 4.74 Å². The van der Waals surface area contributed by atoms with Gasteiger partial charge in [0.2, 0.25) is 10.0 Å². The third-order valence-electron chi connectivity index (χ3n) is 4.12. The molecule has 0 fully saturated rings. The molecular weight excluding hydrogens is 394 g/mol. The van der Waals surface area contributed by atoms with E-state index < -0.39 is 10.0 Å². The largest absolute Gasteiger partial charge is 0.493 e. The molecule has 2 aromatic carbocycles. The predicted octanol–water partition coefficient (Wildman–Crippen LogP) is 3.64. The van der Waals surface area contributed by atoms with Gasteiger partial charge in [-0.3, -0.25) is 0 Å². The van der Waals surface area contributed by atoms with Crippen LogP contribution in [-0.2, 0) is 16.6 Å². The van der Waals surface area contributed by atoms with Gasteiger partial charge in [0.25, 0.3) is 0 Å². The minimum absolute atomic E-state index is 0.248. The Morgan fingerprint density at radius 2 is 1.89 bits per heavy atom. The van der Waals surface area contributed by atoms with Gasteiger partial charge in [0.15, 0.2) is 5.16 Å². The van der Waals surface area contributed by atoms with Crippen LogP contribution in [0.1, 0.15) is 0 Å². The van der Waals surface area contributed by atoms with Gasteiger partial charge in [-0.15, -0.1) is 6.58 Å². The number of aromatic nitrogens is 2. The molecule has 0 saturated heterocycles. The van der Waals surface area contributed by atoms with Crippen molar-refractivity contribution in [1.29, 1.82) is 0 Å². The van der Waals surface area contributed by atoms with Crippen molar-refractivity contribution >= 4 is 32.8 Å². The number of rotatable bonds is 9. The highest BCUT2D eigenvalue weighted by Crippen LogP contribution is 2.24. The van der Waals surface area contributed by atoms with Crippen molar-refractivity contribution in [3.05, 3.63) is 61.2 Å². The van der Waals surface area contributed by atoms with Gasteiger partial charge in [0.05, 0.1) is 22.5 Å². The van der Waals surface area contributed by atoms with E-state index in [0.717, 1.165) is 21.9 Å². The summed E-state index contributed by atoms with van der Waals surface area (Å²) in [5.41, 5.74) is 2.05. The number of allylic oxidation sites excluding steroid dienone is 1. The highest BCUT2D eigenvalue weighted by molar-refractivity contribution is 7.99. The Morgan fingerprint density at radius 1 is 1.18 bits per heavy atom. The Balaban J connectivity index is 1.60. The number of hydrogen-bond donors (Lipinski definition) is 0. The molecule has 3 aromatic rings. The van der Waals surface area contributed by atoms with Crippen molar-refractivity contribution in [1.82, 2.24) is 13.9 Å². The van der Waals surface area contributed by atoms with Crippen LogP contribution in [0.5, 0.6) is 5.75 Å². The van der Waals surface area contributed by atoms with E-state index in [1.807, 2.05) is 24.3 Å². The van der Waals surface area contributed by atoms with Crippen LogP contribution in [0.25, 0.3) is 11.0 Å². The standard InChI is InChI=1S/C20H23N3O3S2/c1-4-13-23-19-8-6-5-7-18(19)21-20(23)27-15-14-26-16-9-11-17(12-10-16)28(24,25)22(2)3/h4-12H,1,13-15H2,2-3H3. The van der Waals surface area contributed by atoms with Crippen molar-refractivity contribution < 1.29 is 13.2 Å². The second-order valence-corrected chi connectivity index (χ2v) is 9.45. The maximum atomic E-state index is 12.1. The minimum Gasteiger partial charge on any atom is -0.493 e. The third-order valence-corrected chi connectivity index (χ3v) is 6.89. The van der Waals surface area contributed by atoms with Crippen LogP contribution >= 0.6 is 11.8 Å². The zero-order chi connectivity index (χ0) is 20.1. The smallest absolute Gasteiger partial charge is 0.242 e. The molecule has 148 valence electrons. The van der Waals surface area contributed by atoms with Crippen LogP contribution in [0.3, 0.4) is 0 Å². The minimum atomic E-state index is -3.42. The number of para-hydroxylation sites is 2. The summed E-state index contributed by atoms with van der Waals surface area (Å²) >= 11 is 1.62. The van der Waals surface area contributed by atoms with E-state index in [0.29, 0.717) is 18.9 Å². The molecule has 0 bridgehead atoms. The average molecular weight is 418 g/mol. The third kappa shape index (κ3) is 4.40. The molecule has 0 atom stereocenters. The van der Waals surface area contributed by atoms with Gasteiger partial charge in [-0.2, -0.15) is 0 Å². The number of sulfonamides is 1. The zero-order valence-corrected chi connectivity index (χ0v) is 17.5. The van der Waals surface area contributed by atoms with E-state index in [1.54, 1.807) is 36.0 Å². The number of imidazole rings is 1.